The van der Waals surface area contributed by atoms with E-state index in [0.29, 0.717) is 27.5 Å². The number of benzene rings is 2. The molecule has 0 fully saturated rings. The van der Waals surface area contributed by atoms with Crippen LogP contribution in [0.25, 0.3) is 0 Å². The van der Waals surface area contributed by atoms with Crippen LogP contribution in [-0.2, 0) is 12.8 Å². The van der Waals surface area contributed by atoms with Crippen molar-refractivity contribution in [2.75, 3.05) is 12.4 Å². The van der Waals surface area contributed by atoms with Gasteiger partial charge < -0.3 is 20.1 Å². The van der Waals surface area contributed by atoms with Gasteiger partial charge in [0.05, 0.1) is 22.7 Å². The molecule has 2 unspecified atom stereocenters. The molecule has 2 aliphatic rings. The van der Waals surface area contributed by atoms with Crippen LogP contribution in [0, 0.1) is 18.3 Å². The summed E-state index contributed by atoms with van der Waals surface area (Å²) < 4.78 is 11.8. The first-order valence-electron chi connectivity index (χ1n) is 13.0. The van der Waals surface area contributed by atoms with E-state index in [-0.39, 0.29) is 11.3 Å². The summed E-state index contributed by atoms with van der Waals surface area (Å²) in [6.45, 7) is 8.92. The summed E-state index contributed by atoms with van der Waals surface area (Å²) in [7, 11) is 1.53. The lowest BCUT2D eigenvalue weighted by Crippen LogP contribution is -2.38. The minimum Gasteiger partial charge on any atom is -0.493 e. The second kappa shape index (κ2) is 10.4. The number of amides is 1. The number of anilines is 1. The van der Waals surface area contributed by atoms with E-state index >= 15 is 0 Å². The van der Waals surface area contributed by atoms with E-state index in [2.05, 4.69) is 47.3 Å². The number of nitrogens with one attached hydrogen (secondary N) is 2. The van der Waals surface area contributed by atoms with E-state index in [1.807, 2.05) is 25.1 Å². The molecule has 2 heterocycles. The lowest BCUT2D eigenvalue weighted by atomic mass is 9.69. The Morgan fingerprint density at radius 1 is 1.18 bits per heavy atom. The highest BCUT2D eigenvalue weighted by molar-refractivity contribution is 9.10. The standard InChI is InChI=1S/C30H33BrN2O4S/c1-6-30(3,4)19-11-12-20-23(15-19)38-28-24(20)27(34)32-26(33-28)18-13-21(31)25(22(14-18)36-5)37-29(35)17-9-7-16(2)8-10-17/h7-10,13-14,19,26,33H,6,11-12,15H2,1-5H3,(H,32,34). The predicted molar refractivity (Wildman–Crippen MR) is 155 cm³/mol. The van der Waals surface area contributed by atoms with Crippen molar-refractivity contribution in [3.8, 4) is 11.5 Å². The molecule has 38 heavy (non-hydrogen) atoms. The highest BCUT2D eigenvalue weighted by Crippen LogP contribution is 2.47. The quantitative estimate of drug-likeness (QED) is 0.228. The maximum absolute atomic E-state index is 13.3. The van der Waals surface area contributed by atoms with Crippen LogP contribution < -0.4 is 20.1 Å². The van der Waals surface area contributed by atoms with Crippen molar-refractivity contribution in [3.63, 3.8) is 0 Å². The molecule has 5 rings (SSSR count). The molecular formula is C30H33BrN2O4S. The average molecular weight is 598 g/mol. The minimum atomic E-state index is -0.473. The third-order valence-corrected chi connectivity index (χ3v) is 9.90. The third-order valence-electron chi connectivity index (χ3n) is 8.13. The second-order valence-corrected chi connectivity index (χ2v) is 12.8. The molecule has 1 aliphatic carbocycles. The van der Waals surface area contributed by atoms with Crippen LogP contribution in [-0.4, -0.2) is 19.0 Å². The van der Waals surface area contributed by atoms with Crippen LogP contribution >= 0.6 is 27.3 Å². The maximum Gasteiger partial charge on any atom is 0.343 e. The Balaban J connectivity index is 1.39. The lowest BCUT2D eigenvalue weighted by Gasteiger charge is -2.36. The van der Waals surface area contributed by atoms with Gasteiger partial charge in [-0.1, -0.05) is 44.9 Å². The van der Waals surface area contributed by atoms with Crippen LogP contribution in [0.3, 0.4) is 0 Å². The van der Waals surface area contributed by atoms with Crippen LogP contribution in [0.15, 0.2) is 40.9 Å². The second-order valence-electron chi connectivity index (χ2n) is 10.8. The molecule has 8 heteroatoms. The Morgan fingerprint density at radius 2 is 1.92 bits per heavy atom. The molecule has 2 N–H and O–H groups in total. The summed E-state index contributed by atoms with van der Waals surface area (Å²) in [5.74, 6) is 0.778. The number of thiophene rings is 1. The number of ether oxygens (including phenoxy) is 2. The van der Waals surface area contributed by atoms with Crippen LogP contribution in [0.2, 0.25) is 0 Å². The summed E-state index contributed by atoms with van der Waals surface area (Å²) in [4.78, 5) is 27.4. The number of aryl methyl sites for hydroxylation is 1. The fourth-order valence-electron chi connectivity index (χ4n) is 5.27. The fourth-order valence-corrected chi connectivity index (χ4v) is 7.16. The zero-order valence-electron chi connectivity index (χ0n) is 22.4. The van der Waals surface area contributed by atoms with Crippen molar-refractivity contribution in [1.82, 2.24) is 5.32 Å². The van der Waals surface area contributed by atoms with E-state index in [1.165, 1.54) is 17.6 Å². The summed E-state index contributed by atoms with van der Waals surface area (Å²) in [6.07, 6.45) is 3.78. The maximum atomic E-state index is 13.3. The Bertz CT molecular complexity index is 1400. The number of esters is 1. The Morgan fingerprint density at radius 3 is 2.61 bits per heavy atom. The van der Waals surface area contributed by atoms with Gasteiger partial charge in [-0.3, -0.25) is 4.79 Å². The van der Waals surface area contributed by atoms with Gasteiger partial charge in [0.2, 0.25) is 0 Å². The van der Waals surface area contributed by atoms with Gasteiger partial charge in [-0.05, 0) is 88.8 Å². The van der Waals surface area contributed by atoms with Gasteiger partial charge in [-0.2, -0.15) is 0 Å². The van der Waals surface area contributed by atoms with Crippen molar-refractivity contribution in [2.45, 2.75) is 59.5 Å². The number of fused-ring (bicyclic) bond motifs is 3. The molecule has 0 saturated heterocycles. The minimum absolute atomic E-state index is 0.0561. The van der Waals surface area contributed by atoms with Crippen LogP contribution in [0.5, 0.6) is 11.5 Å². The molecular weight excluding hydrogens is 564 g/mol. The number of carbonyl (C=O) groups excluding carboxylic acids is 2. The molecule has 200 valence electrons. The normalized spacial score (nSPS) is 18.6. The molecule has 1 aromatic heterocycles. The van der Waals surface area contributed by atoms with E-state index in [9.17, 15) is 9.59 Å². The molecule has 1 aliphatic heterocycles. The first-order chi connectivity index (χ1) is 18.1. The van der Waals surface area contributed by atoms with Crippen molar-refractivity contribution in [2.24, 2.45) is 11.3 Å². The van der Waals surface area contributed by atoms with Crippen LogP contribution in [0.1, 0.15) is 82.1 Å². The lowest BCUT2D eigenvalue weighted by molar-refractivity contribution is 0.0728. The van der Waals surface area contributed by atoms with Gasteiger partial charge in [-0.25, -0.2) is 4.79 Å². The number of halogens is 1. The van der Waals surface area contributed by atoms with Gasteiger partial charge in [0.1, 0.15) is 11.2 Å². The topological polar surface area (TPSA) is 76.7 Å². The van der Waals surface area contributed by atoms with E-state index in [4.69, 9.17) is 9.47 Å². The number of hydrogen-bond donors (Lipinski definition) is 2. The SMILES string of the molecule is CCC(C)(C)C1CCc2c(sc3c2C(=O)NC(c2cc(Br)c(OC(=O)c4ccc(C)cc4)c(OC)c2)N3)C1. The molecule has 3 aromatic rings. The molecule has 1 amide bonds. The number of rotatable bonds is 6. The van der Waals surface area contributed by atoms with Crippen LogP contribution in [0.4, 0.5) is 5.00 Å². The molecule has 2 aromatic carbocycles. The fraction of sp³-hybridized carbons (Fsp3) is 0.400. The number of hydrogen-bond acceptors (Lipinski definition) is 6. The van der Waals surface area contributed by atoms with Crippen molar-refractivity contribution in [1.29, 1.82) is 0 Å². The van der Waals surface area contributed by atoms with Gasteiger partial charge in [-0.15, -0.1) is 11.3 Å². The molecule has 6 nitrogen and oxygen atoms in total. The molecule has 2 atom stereocenters. The highest BCUT2D eigenvalue weighted by atomic mass is 79.9. The predicted octanol–water partition coefficient (Wildman–Crippen LogP) is 7.44. The first-order valence-corrected chi connectivity index (χ1v) is 14.6. The number of methoxy groups -OCH3 is 1. The van der Waals surface area contributed by atoms with Crippen molar-refractivity contribution in [3.05, 3.63) is 73.6 Å². The summed E-state index contributed by atoms with van der Waals surface area (Å²) in [5, 5.41) is 7.58. The average Bonchev–Trinajstić information content (AvgIpc) is 3.28. The van der Waals surface area contributed by atoms with Gasteiger partial charge >= 0.3 is 5.97 Å². The Hall–Kier alpha value is -2.84. The molecule has 0 saturated carbocycles. The van der Waals surface area contributed by atoms with Crippen molar-refractivity contribution < 1.29 is 19.1 Å². The van der Waals surface area contributed by atoms with Gasteiger partial charge in [0, 0.05) is 4.88 Å². The van der Waals surface area contributed by atoms with Crippen molar-refractivity contribution >= 4 is 44.1 Å². The molecule has 0 spiro atoms. The highest BCUT2D eigenvalue weighted by Gasteiger charge is 2.37. The zero-order valence-corrected chi connectivity index (χ0v) is 24.8. The summed E-state index contributed by atoms with van der Waals surface area (Å²) in [6, 6.07) is 10.8. The monoisotopic (exact) mass is 596 g/mol. The Kier molecular flexibility index (Phi) is 7.31. The first kappa shape index (κ1) is 26.8. The van der Waals surface area contributed by atoms with Gasteiger partial charge in [0.25, 0.3) is 5.91 Å². The van der Waals surface area contributed by atoms with E-state index in [1.54, 1.807) is 29.5 Å². The smallest absolute Gasteiger partial charge is 0.343 e. The third kappa shape index (κ3) is 4.96. The summed E-state index contributed by atoms with van der Waals surface area (Å²) in [5.41, 5.74) is 4.59. The number of carbonyl (C=O) groups is 2. The zero-order chi connectivity index (χ0) is 27.2. The summed E-state index contributed by atoms with van der Waals surface area (Å²) >= 11 is 5.26. The van der Waals surface area contributed by atoms with E-state index < -0.39 is 12.1 Å². The largest absolute Gasteiger partial charge is 0.493 e. The molecule has 0 radical (unpaired) electrons. The van der Waals surface area contributed by atoms with Gasteiger partial charge in [0.15, 0.2) is 11.5 Å². The Labute approximate surface area is 236 Å². The van der Waals surface area contributed by atoms with E-state index in [0.717, 1.165) is 47.4 Å². The molecule has 0 bridgehead atoms.